The fraction of sp³-hybridized carbons (Fsp3) is 0.333. The monoisotopic (exact) mass is 297 g/mol. The van der Waals surface area contributed by atoms with Crippen LogP contribution in [-0.4, -0.2) is 24.5 Å². The molecular formula is C15H19N7. The Morgan fingerprint density at radius 2 is 2.00 bits per heavy atom. The highest BCUT2D eigenvalue weighted by molar-refractivity contribution is 5.83. The molecule has 0 radical (unpaired) electrons. The lowest BCUT2D eigenvalue weighted by atomic mass is 10.2. The van der Waals surface area contributed by atoms with E-state index in [1.54, 1.807) is 6.20 Å². The predicted molar refractivity (Wildman–Crippen MR) is 86.0 cm³/mol. The summed E-state index contributed by atoms with van der Waals surface area (Å²) in [6, 6.07) is 3.94. The van der Waals surface area contributed by atoms with E-state index in [2.05, 4.69) is 38.4 Å². The molecule has 3 rings (SSSR count). The van der Waals surface area contributed by atoms with Gasteiger partial charge in [0.05, 0.1) is 0 Å². The van der Waals surface area contributed by atoms with Crippen molar-refractivity contribution in [1.82, 2.24) is 24.5 Å². The molecule has 22 heavy (non-hydrogen) atoms. The fourth-order valence-corrected chi connectivity index (χ4v) is 2.46. The summed E-state index contributed by atoms with van der Waals surface area (Å²) in [5.41, 5.74) is 14.1. The molecule has 0 saturated heterocycles. The van der Waals surface area contributed by atoms with E-state index in [0.29, 0.717) is 29.3 Å². The van der Waals surface area contributed by atoms with Crippen molar-refractivity contribution in [3.8, 4) is 0 Å². The topological polar surface area (TPSA) is 109 Å². The lowest BCUT2D eigenvalue weighted by Crippen LogP contribution is -2.10. The van der Waals surface area contributed by atoms with Crippen LogP contribution in [0.4, 0.5) is 11.8 Å². The summed E-state index contributed by atoms with van der Waals surface area (Å²) in [5, 5.41) is 0. The van der Waals surface area contributed by atoms with Gasteiger partial charge in [0, 0.05) is 25.4 Å². The molecule has 7 heteroatoms. The smallest absolute Gasteiger partial charge is 0.224 e. The third kappa shape index (κ3) is 2.69. The van der Waals surface area contributed by atoms with Crippen molar-refractivity contribution >= 4 is 22.9 Å². The molecule has 0 aromatic carbocycles. The van der Waals surface area contributed by atoms with Gasteiger partial charge in [-0.1, -0.05) is 19.9 Å². The van der Waals surface area contributed by atoms with Crippen LogP contribution in [0.2, 0.25) is 0 Å². The number of pyridine rings is 1. The molecule has 114 valence electrons. The third-order valence-electron chi connectivity index (χ3n) is 3.35. The van der Waals surface area contributed by atoms with Crippen molar-refractivity contribution in [1.29, 1.82) is 0 Å². The van der Waals surface area contributed by atoms with Gasteiger partial charge in [-0.3, -0.25) is 4.98 Å². The minimum atomic E-state index is 0.169. The van der Waals surface area contributed by atoms with Crippen LogP contribution in [0.25, 0.3) is 11.2 Å². The standard InChI is InChI=1S/C15H19N7/c1-9(2)8-22-11(6-10-4-3-5-18-7-10)19-12-13(16)20-15(17)21-14(12)22/h3-5,7,9H,6,8H2,1-2H3,(H4,16,17,20,21). The maximum absolute atomic E-state index is 5.94. The number of rotatable bonds is 4. The van der Waals surface area contributed by atoms with Gasteiger partial charge in [0.25, 0.3) is 0 Å². The van der Waals surface area contributed by atoms with Crippen molar-refractivity contribution in [2.45, 2.75) is 26.8 Å². The van der Waals surface area contributed by atoms with Crippen LogP contribution in [-0.2, 0) is 13.0 Å². The Hall–Kier alpha value is -2.70. The number of aromatic nitrogens is 5. The first kappa shape index (κ1) is 14.2. The van der Waals surface area contributed by atoms with E-state index >= 15 is 0 Å². The molecule has 0 aliphatic rings. The van der Waals surface area contributed by atoms with E-state index in [0.717, 1.165) is 17.9 Å². The van der Waals surface area contributed by atoms with E-state index in [1.807, 2.05) is 18.3 Å². The van der Waals surface area contributed by atoms with E-state index in [9.17, 15) is 0 Å². The van der Waals surface area contributed by atoms with Gasteiger partial charge in [-0.2, -0.15) is 9.97 Å². The first-order valence-electron chi connectivity index (χ1n) is 7.21. The van der Waals surface area contributed by atoms with Gasteiger partial charge >= 0.3 is 0 Å². The van der Waals surface area contributed by atoms with Gasteiger partial charge in [-0.05, 0) is 17.5 Å². The summed E-state index contributed by atoms with van der Waals surface area (Å²) >= 11 is 0. The second-order valence-electron chi connectivity index (χ2n) is 5.71. The molecule has 0 amide bonds. The quantitative estimate of drug-likeness (QED) is 0.757. The molecule has 0 aliphatic carbocycles. The first-order chi connectivity index (χ1) is 10.5. The van der Waals surface area contributed by atoms with Crippen LogP contribution in [0.15, 0.2) is 24.5 Å². The molecule has 3 aromatic heterocycles. The predicted octanol–water partition coefficient (Wildman–Crippen LogP) is 1.63. The second-order valence-corrected chi connectivity index (χ2v) is 5.71. The first-order valence-corrected chi connectivity index (χ1v) is 7.21. The molecule has 0 aliphatic heterocycles. The van der Waals surface area contributed by atoms with Crippen LogP contribution in [0.5, 0.6) is 0 Å². The van der Waals surface area contributed by atoms with Crippen LogP contribution in [0.1, 0.15) is 25.2 Å². The maximum atomic E-state index is 5.94. The number of nitrogens with two attached hydrogens (primary N) is 2. The van der Waals surface area contributed by atoms with Gasteiger partial charge in [-0.15, -0.1) is 0 Å². The van der Waals surface area contributed by atoms with Crippen LogP contribution >= 0.6 is 0 Å². The Morgan fingerprint density at radius 3 is 2.68 bits per heavy atom. The van der Waals surface area contributed by atoms with E-state index in [-0.39, 0.29) is 5.95 Å². The molecule has 0 bridgehead atoms. The van der Waals surface area contributed by atoms with Crippen LogP contribution in [0, 0.1) is 5.92 Å². The third-order valence-corrected chi connectivity index (χ3v) is 3.35. The van der Waals surface area contributed by atoms with Gasteiger partial charge in [-0.25, -0.2) is 4.98 Å². The molecule has 3 heterocycles. The fourth-order valence-electron chi connectivity index (χ4n) is 2.46. The summed E-state index contributed by atoms with van der Waals surface area (Å²) < 4.78 is 2.07. The minimum Gasteiger partial charge on any atom is -0.382 e. The number of nitrogens with zero attached hydrogens (tertiary/aromatic N) is 5. The summed E-state index contributed by atoms with van der Waals surface area (Å²) in [6.07, 6.45) is 4.25. The molecule has 4 N–H and O–H groups in total. The Bertz CT molecular complexity index is 793. The number of anilines is 2. The van der Waals surface area contributed by atoms with Crippen molar-refractivity contribution in [3.05, 3.63) is 35.9 Å². The van der Waals surface area contributed by atoms with Crippen molar-refractivity contribution in [2.75, 3.05) is 11.5 Å². The zero-order chi connectivity index (χ0) is 15.7. The SMILES string of the molecule is CC(C)Cn1c(Cc2cccnc2)nc2c(N)nc(N)nc21. The van der Waals surface area contributed by atoms with Crippen molar-refractivity contribution in [2.24, 2.45) is 5.92 Å². The average molecular weight is 297 g/mol. The molecular weight excluding hydrogens is 278 g/mol. The lowest BCUT2D eigenvalue weighted by molar-refractivity contribution is 0.517. The number of hydrogen-bond acceptors (Lipinski definition) is 6. The average Bonchev–Trinajstić information content (AvgIpc) is 2.78. The molecule has 3 aromatic rings. The van der Waals surface area contributed by atoms with Gasteiger partial charge in [0.2, 0.25) is 5.95 Å². The highest BCUT2D eigenvalue weighted by Crippen LogP contribution is 2.22. The number of hydrogen-bond donors (Lipinski definition) is 2. The highest BCUT2D eigenvalue weighted by Gasteiger charge is 2.17. The lowest BCUT2D eigenvalue weighted by Gasteiger charge is -2.11. The van der Waals surface area contributed by atoms with Crippen LogP contribution < -0.4 is 11.5 Å². The Kier molecular flexibility index (Phi) is 3.62. The van der Waals surface area contributed by atoms with E-state index < -0.39 is 0 Å². The number of fused-ring (bicyclic) bond motifs is 1. The molecule has 7 nitrogen and oxygen atoms in total. The summed E-state index contributed by atoms with van der Waals surface area (Å²) in [4.78, 5) is 17.1. The molecule has 0 saturated carbocycles. The highest BCUT2D eigenvalue weighted by atomic mass is 15.2. The van der Waals surface area contributed by atoms with E-state index in [4.69, 9.17) is 11.5 Å². The summed E-state index contributed by atoms with van der Waals surface area (Å²) in [7, 11) is 0. The van der Waals surface area contributed by atoms with Gasteiger partial charge in [0.1, 0.15) is 5.82 Å². The second kappa shape index (κ2) is 5.59. The molecule has 0 atom stereocenters. The molecule has 0 spiro atoms. The zero-order valence-corrected chi connectivity index (χ0v) is 12.7. The van der Waals surface area contributed by atoms with Gasteiger partial charge in [0.15, 0.2) is 17.0 Å². The van der Waals surface area contributed by atoms with E-state index in [1.165, 1.54) is 0 Å². The summed E-state index contributed by atoms with van der Waals surface area (Å²) in [5.74, 6) is 1.83. The molecule has 0 fully saturated rings. The Morgan fingerprint density at radius 1 is 1.18 bits per heavy atom. The van der Waals surface area contributed by atoms with Crippen molar-refractivity contribution < 1.29 is 0 Å². The Balaban J connectivity index is 2.13. The maximum Gasteiger partial charge on any atom is 0.224 e. The Labute approximate surface area is 128 Å². The minimum absolute atomic E-state index is 0.169. The van der Waals surface area contributed by atoms with Gasteiger partial charge < -0.3 is 16.0 Å². The molecule has 0 unspecified atom stereocenters. The summed E-state index contributed by atoms with van der Waals surface area (Å²) in [6.45, 7) is 5.09. The number of nitrogen functional groups attached to an aromatic ring is 2. The largest absolute Gasteiger partial charge is 0.382 e. The zero-order valence-electron chi connectivity index (χ0n) is 12.7. The normalized spacial score (nSPS) is 11.4. The van der Waals surface area contributed by atoms with Crippen molar-refractivity contribution in [3.63, 3.8) is 0 Å². The van der Waals surface area contributed by atoms with Crippen LogP contribution in [0.3, 0.4) is 0 Å². The number of imidazole rings is 1.